The number of aryl methyl sites for hydroxylation is 3. The van der Waals surface area contributed by atoms with E-state index in [1.807, 2.05) is 50.5 Å². The SMILES string of the molecule is Cc1ccc(C(=O)O/N=C2/c3c(n(C)c4ccccc34)CCC2Cn2ccnc2C)cc1. The van der Waals surface area contributed by atoms with E-state index in [-0.39, 0.29) is 5.92 Å². The van der Waals surface area contributed by atoms with E-state index in [1.54, 1.807) is 12.1 Å². The average molecular weight is 427 g/mol. The Morgan fingerprint density at radius 1 is 1.16 bits per heavy atom. The topological polar surface area (TPSA) is 61.4 Å². The molecule has 5 rings (SSSR count). The summed E-state index contributed by atoms with van der Waals surface area (Å²) < 4.78 is 4.37. The van der Waals surface area contributed by atoms with E-state index in [1.165, 1.54) is 5.69 Å². The minimum absolute atomic E-state index is 0.118. The second-order valence-corrected chi connectivity index (χ2v) is 8.48. The maximum Gasteiger partial charge on any atom is 0.365 e. The summed E-state index contributed by atoms with van der Waals surface area (Å²) in [6.45, 7) is 4.73. The van der Waals surface area contributed by atoms with Crippen LogP contribution in [0.2, 0.25) is 0 Å². The number of imidazole rings is 1. The van der Waals surface area contributed by atoms with E-state index in [0.29, 0.717) is 5.56 Å². The molecule has 4 aromatic rings. The van der Waals surface area contributed by atoms with E-state index in [9.17, 15) is 4.79 Å². The third-order valence-electron chi connectivity index (χ3n) is 6.46. The van der Waals surface area contributed by atoms with Crippen LogP contribution in [0.3, 0.4) is 0 Å². The highest BCUT2D eigenvalue weighted by atomic mass is 16.7. The summed E-state index contributed by atoms with van der Waals surface area (Å²) in [5.41, 5.74) is 5.90. The summed E-state index contributed by atoms with van der Waals surface area (Å²) in [5, 5.41) is 5.64. The Hall–Kier alpha value is -3.67. The highest BCUT2D eigenvalue weighted by molar-refractivity contribution is 6.14. The molecule has 6 heteroatoms. The van der Waals surface area contributed by atoms with Gasteiger partial charge in [-0.1, -0.05) is 41.1 Å². The largest absolute Gasteiger partial charge is 0.365 e. The standard InChI is InChI=1S/C26H26N4O2/c1-17-8-10-19(11-9-17)26(31)32-28-25-20(16-30-15-14-27-18(30)2)12-13-23-24(25)21-6-4-5-7-22(21)29(23)3/h4-11,14-15,20H,12-13,16H2,1-3H3/b28-25+. The molecule has 1 unspecified atom stereocenters. The Morgan fingerprint density at radius 2 is 1.94 bits per heavy atom. The van der Waals surface area contributed by atoms with Gasteiger partial charge in [-0.2, -0.15) is 0 Å². The van der Waals surface area contributed by atoms with E-state index in [4.69, 9.17) is 4.84 Å². The first-order valence-electron chi connectivity index (χ1n) is 10.9. The first kappa shape index (κ1) is 20.2. The molecule has 2 heterocycles. The molecule has 1 aliphatic carbocycles. The molecule has 2 aromatic carbocycles. The maximum atomic E-state index is 12.7. The molecule has 1 aliphatic rings. The van der Waals surface area contributed by atoms with Crippen molar-refractivity contribution < 1.29 is 9.63 Å². The first-order chi connectivity index (χ1) is 15.5. The van der Waals surface area contributed by atoms with Gasteiger partial charge in [0.1, 0.15) is 5.82 Å². The lowest BCUT2D eigenvalue weighted by Crippen LogP contribution is -2.28. The minimum Gasteiger partial charge on any atom is -0.347 e. The van der Waals surface area contributed by atoms with Crippen molar-refractivity contribution in [3.8, 4) is 0 Å². The molecule has 6 nitrogen and oxygen atoms in total. The van der Waals surface area contributed by atoms with E-state index in [0.717, 1.165) is 53.0 Å². The van der Waals surface area contributed by atoms with Crippen LogP contribution in [0, 0.1) is 19.8 Å². The van der Waals surface area contributed by atoms with Gasteiger partial charge in [0.2, 0.25) is 0 Å². The summed E-state index contributed by atoms with van der Waals surface area (Å²) in [4.78, 5) is 22.6. The Labute approximate surface area is 187 Å². The highest BCUT2D eigenvalue weighted by Gasteiger charge is 2.32. The van der Waals surface area contributed by atoms with Crippen molar-refractivity contribution in [2.45, 2.75) is 33.2 Å². The highest BCUT2D eigenvalue weighted by Crippen LogP contribution is 2.35. The first-order valence-corrected chi connectivity index (χ1v) is 10.9. The number of oxime groups is 1. The number of nitrogens with zero attached hydrogens (tertiary/aromatic N) is 4. The molecule has 0 fully saturated rings. The molecule has 0 bridgehead atoms. The summed E-state index contributed by atoms with van der Waals surface area (Å²) in [6, 6.07) is 15.7. The Balaban J connectivity index is 1.57. The lowest BCUT2D eigenvalue weighted by atomic mass is 9.84. The molecule has 0 saturated heterocycles. The number of hydrogen-bond acceptors (Lipinski definition) is 4. The van der Waals surface area contributed by atoms with Crippen LogP contribution in [0.15, 0.2) is 66.1 Å². The monoisotopic (exact) mass is 426 g/mol. The van der Waals surface area contributed by atoms with E-state index < -0.39 is 5.97 Å². The van der Waals surface area contributed by atoms with Crippen LogP contribution in [0.25, 0.3) is 10.9 Å². The van der Waals surface area contributed by atoms with Crippen molar-refractivity contribution in [3.63, 3.8) is 0 Å². The van der Waals surface area contributed by atoms with Crippen molar-refractivity contribution in [1.82, 2.24) is 14.1 Å². The lowest BCUT2D eigenvalue weighted by molar-refractivity contribution is 0.0513. The fraction of sp³-hybridized carbons (Fsp3) is 0.269. The van der Waals surface area contributed by atoms with E-state index >= 15 is 0 Å². The van der Waals surface area contributed by atoms with Gasteiger partial charge in [-0.15, -0.1) is 0 Å². The molecule has 0 spiro atoms. The van der Waals surface area contributed by atoms with Crippen molar-refractivity contribution in [2.75, 3.05) is 0 Å². The molecule has 0 aliphatic heterocycles. The summed E-state index contributed by atoms with van der Waals surface area (Å²) >= 11 is 0. The number of carbonyl (C=O) groups excluding carboxylic acids is 1. The number of fused-ring (bicyclic) bond motifs is 3. The van der Waals surface area contributed by atoms with Crippen molar-refractivity contribution in [1.29, 1.82) is 0 Å². The molecule has 2 aromatic heterocycles. The number of carbonyl (C=O) groups is 1. The molecule has 0 radical (unpaired) electrons. The average Bonchev–Trinajstić information content (AvgIpc) is 3.34. The Kier molecular flexibility index (Phi) is 5.13. The van der Waals surface area contributed by atoms with Crippen molar-refractivity contribution >= 4 is 22.6 Å². The zero-order chi connectivity index (χ0) is 22.2. The normalized spacial score (nSPS) is 17.0. The van der Waals surface area contributed by atoms with Gasteiger partial charge in [-0.25, -0.2) is 9.78 Å². The van der Waals surface area contributed by atoms with Crippen LogP contribution in [-0.2, 0) is 24.9 Å². The van der Waals surface area contributed by atoms with Gasteiger partial charge in [0.25, 0.3) is 0 Å². The predicted octanol–water partition coefficient (Wildman–Crippen LogP) is 4.82. The van der Waals surface area contributed by atoms with Crippen molar-refractivity contribution in [3.05, 3.63) is 89.1 Å². The zero-order valence-corrected chi connectivity index (χ0v) is 18.6. The van der Waals surface area contributed by atoms with Gasteiger partial charge in [0.15, 0.2) is 0 Å². The van der Waals surface area contributed by atoms with Crippen LogP contribution in [-0.4, -0.2) is 25.8 Å². The van der Waals surface area contributed by atoms with Gasteiger partial charge in [-0.3, -0.25) is 0 Å². The van der Waals surface area contributed by atoms with Crippen LogP contribution in [0.1, 0.15) is 39.4 Å². The van der Waals surface area contributed by atoms with Gasteiger partial charge in [0.05, 0.1) is 11.3 Å². The van der Waals surface area contributed by atoms with Crippen LogP contribution in [0.5, 0.6) is 0 Å². The summed E-state index contributed by atoms with van der Waals surface area (Å²) in [7, 11) is 2.09. The lowest BCUT2D eigenvalue weighted by Gasteiger charge is -2.25. The third kappa shape index (κ3) is 3.51. The molecule has 0 N–H and O–H groups in total. The molecule has 0 amide bonds. The number of benzene rings is 2. The van der Waals surface area contributed by atoms with Crippen LogP contribution in [0.4, 0.5) is 0 Å². The van der Waals surface area contributed by atoms with Crippen molar-refractivity contribution in [2.24, 2.45) is 18.1 Å². The third-order valence-corrected chi connectivity index (χ3v) is 6.46. The maximum absolute atomic E-state index is 12.7. The molecule has 32 heavy (non-hydrogen) atoms. The molecular weight excluding hydrogens is 400 g/mol. The number of aromatic nitrogens is 3. The molecule has 1 atom stereocenters. The minimum atomic E-state index is -0.442. The molecule has 162 valence electrons. The smallest absolute Gasteiger partial charge is 0.347 e. The second kappa shape index (κ2) is 8.11. The number of para-hydroxylation sites is 1. The zero-order valence-electron chi connectivity index (χ0n) is 18.6. The fourth-order valence-corrected chi connectivity index (χ4v) is 4.64. The van der Waals surface area contributed by atoms with Gasteiger partial charge in [-0.05, 0) is 44.9 Å². The fourth-order valence-electron chi connectivity index (χ4n) is 4.64. The Morgan fingerprint density at radius 3 is 2.69 bits per heavy atom. The molecular formula is C26H26N4O2. The van der Waals surface area contributed by atoms with E-state index in [2.05, 4.69) is 38.5 Å². The van der Waals surface area contributed by atoms with Gasteiger partial charge >= 0.3 is 5.97 Å². The number of hydrogen-bond donors (Lipinski definition) is 0. The quantitative estimate of drug-likeness (QED) is 0.347. The second-order valence-electron chi connectivity index (χ2n) is 8.48. The molecule has 0 saturated carbocycles. The van der Waals surface area contributed by atoms with Crippen LogP contribution >= 0.6 is 0 Å². The Bertz CT molecular complexity index is 1330. The number of rotatable bonds is 4. The van der Waals surface area contributed by atoms with Gasteiger partial charge < -0.3 is 14.0 Å². The van der Waals surface area contributed by atoms with Gasteiger partial charge in [0, 0.05) is 54.1 Å². The van der Waals surface area contributed by atoms with Crippen LogP contribution < -0.4 is 0 Å². The predicted molar refractivity (Wildman–Crippen MR) is 125 cm³/mol. The summed E-state index contributed by atoms with van der Waals surface area (Å²) in [6.07, 6.45) is 5.68. The summed E-state index contributed by atoms with van der Waals surface area (Å²) in [5.74, 6) is 0.638.